The van der Waals surface area contributed by atoms with Crippen molar-refractivity contribution in [1.82, 2.24) is 15.3 Å². The van der Waals surface area contributed by atoms with Gasteiger partial charge in [-0.1, -0.05) is 0 Å². The summed E-state index contributed by atoms with van der Waals surface area (Å²) in [5, 5.41) is 6.52. The number of aromatic nitrogens is 2. The van der Waals surface area contributed by atoms with Gasteiger partial charge in [-0.25, -0.2) is 4.98 Å². The highest BCUT2D eigenvalue weighted by molar-refractivity contribution is 8.00. The molecule has 1 unspecified atom stereocenters. The maximum Gasteiger partial charge on any atom is 0.271 e. The minimum absolute atomic E-state index is 0.144. The first-order valence-corrected chi connectivity index (χ1v) is 7.30. The molecule has 0 spiro atoms. The van der Waals surface area contributed by atoms with E-state index in [0.29, 0.717) is 16.8 Å². The molecule has 1 atom stereocenters. The number of hydrogen-bond acceptors (Lipinski definition) is 5. The van der Waals surface area contributed by atoms with E-state index < -0.39 is 0 Å². The summed E-state index contributed by atoms with van der Waals surface area (Å²) >= 11 is 1.93. The molecule has 2 N–H and O–H groups in total. The Hall–Kier alpha value is -1.30. The van der Waals surface area contributed by atoms with E-state index >= 15 is 0 Å². The molecule has 1 saturated heterocycles. The molecule has 0 aromatic carbocycles. The Morgan fingerprint density at radius 3 is 3.17 bits per heavy atom. The van der Waals surface area contributed by atoms with Crippen molar-refractivity contribution in [2.75, 3.05) is 24.2 Å². The van der Waals surface area contributed by atoms with Crippen LogP contribution in [0.1, 0.15) is 30.3 Å². The van der Waals surface area contributed by atoms with E-state index in [-0.39, 0.29) is 5.91 Å². The first-order chi connectivity index (χ1) is 8.79. The lowest BCUT2D eigenvalue weighted by molar-refractivity contribution is 0.0948. The lowest BCUT2D eigenvalue weighted by atomic mass is 10.2. The second-order valence-corrected chi connectivity index (χ2v) is 5.57. The third-order valence-corrected chi connectivity index (χ3v) is 4.14. The van der Waals surface area contributed by atoms with Gasteiger partial charge >= 0.3 is 0 Å². The van der Waals surface area contributed by atoms with Crippen molar-refractivity contribution in [3.8, 4) is 0 Å². The van der Waals surface area contributed by atoms with Crippen molar-refractivity contribution < 1.29 is 4.79 Å². The highest BCUT2D eigenvalue weighted by Crippen LogP contribution is 2.25. The molecule has 1 aliphatic heterocycles. The normalized spacial score (nSPS) is 18.6. The number of carbonyl (C=O) groups excluding carboxylic acids is 1. The molecule has 1 aromatic rings. The lowest BCUT2D eigenvalue weighted by Gasteiger charge is -2.10. The SMILES string of the molecule is CCNc1cncc(C(=O)NCC2CCCS2)n1. The van der Waals surface area contributed by atoms with Crippen molar-refractivity contribution in [2.45, 2.75) is 25.0 Å². The molecule has 98 valence electrons. The van der Waals surface area contributed by atoms with Gasteiger partial charge in [-0.15, -0.1) is 0 Å². The molecule has 0 bridgehead atoms. The van der Waals surface area contributed by atoms with Crippen LogP contribution in [0.5, 0.6) is 0 Å². The van der Waals surface area contributed by atoms with Crippen LogP contribution in [0.15, 0.2) is 12.4 Å². The molecular weight excluding hydrogens is 248 g/mol. The van der Waals surface area contributed by atoms with E-state index in [1.165, 1.54) is 24.8 Å². The number of rotatable bonds is 5. The van der Waals surface area contributed by atoms with Gasteiger partial charge in [-0.05, 0) is 25.5 Å². The maximum absolute atomic E-state index is 11.9. The summed E-state index contributed by atoms with van der Waals surface area (Å²) in [6.45, 7) is 3.46. The topological polar surface area (TPSA) is 66.9 Å². The van der Waals surface area contributed by atoms with E-state index in [4.69, 9.17) is 0 Å². The highest BCUT2D eigenvalue weighted by Gasteiger charge is 2.17. The van der Waals surface area contributed by atoms with Gasteiger partial charge in [-0.3, -0.25) is 9.78 Å². The van der Waals surface area contributed by atoms with Crippen molar-refractivity contribution in [3.63, 3.8) is 0 Å². The number of thioether (sulfide) groups is 1. The largest absolute Gasteiger partial charge is 0.369 e. The van der Waals surface area contributed by atoms with Gasteiger partial charge in [0.05, 0.1) is 12.4 Å². The van der Waals surface area contributed by atoms with Crippen molar-refractivity contribution in [1.29, 1.82) is 0 Å². The number of hydrogen-bond donors (Lipinski definition) is 2. The third kappa shape index (κ3) is 3.60. The first kappa shape index (κ1) is 13.1. The minimum atomic E-state index is -0.144. The monoisotopic (exact) mass is 266 g/mol. The Kier molecular flexibility index (Phi) is 4.81. The zero-order chi connectivity index (χ0) is 12.8. The van der Waals surface area contributed by atoms with Gasteiger partial charge in [0.25, 0.3) is 5.91 Å². The number of nitrogens with zero attached hydrogens (tertiary/aromatic N) is 2. The smallest absolute Gasteiger partial charge is 0.271 e. The second kappa shape index (κ2) is 6.58. The van der Waals surface area contributed by atoms with E-state index in [0.717, 1.165) is 13.1 Å². The summed E-state index contributed by atoms with van der Waals surface area (Å²) in [5.41, 5.74) is 0.372. The van der Waals surface area contributed by atoms with Gasteiger partial charge in [0.15, 0.2) is 0 Å². The second-order valence-electron chi connectivity index (χ2n) is 4.16. The fourth-order valence-electron chi connectivity index (χ4n) is 1.84. The summed E-state index contributed by atoms with van der Waals surface area (Å²) in [7, 11) is 0. The quantitative estimate of drug-likeness (QED) is 0.846. The Bertz CT molecular complexity index is 407. The molecule has 1 fully saturated rings. The summed E-state index contributed by atoms with van der Waals surface area (Å²) < 4.78 is 0. The van der Waals surface area contributed by atoms with Crippen LogP contribution in [0.2, 0.25) is 0 Å². The molecule has 1 amide bonds. The predicted octanol–water partition coefficient (Wildman–Crippen LogP) is 1.53. The number of amides is 1. The molecular formula is C12H18N4OS. The minimum Gasteiger partial charge on any atom is -0.369 e. The fraction of sp³-hybridized carbons (Fsp3) is 0.583. The van der Waals surface area contributed by atoms with Gasteiger partial charge in [0.1, 0.15) is 11.5 Å². The van der Waals surface area contributed by atoms with Crippen LogP contribution in [-0.4, -0.2) is 40.0 Å². The Morgan fingerprint density at radius 1 is 1.56 bits per heavy atom. The van der Waals surface area contributed by atoms with Crippen LogP contribution in [0, 0.1) is 0 Å². The predicted molar refractivity (Wildman–Crippen MR) is 74.0 cm³/mol. The van der Waals surface area contributed by atoms with Crippen LogP contribution in [0.4, 0.5) is 5.82 Å². The van der Waals surface area contributed by atoms with Crippen LogP contribution in [0.3, 0.4) is 0 Å². The van der Waals surface area contributed by atoms with Gasteiger partial charge < -0.3 is 10.6 Å². The fourth-order valence-corrected chi connectivity index (χ4v) is 3.05. The molecule has 2 rings (SSSR count). The molecule has 18 heavy (non-hydrogen) atoms. The molecule has 0 aliphatic carbocycles. The molecule has 5 nitrogen and oxygen atoms in total. The van der Waals surface area contributed by atoms with Crippen molar-refractivity contribution in [2.24, 2.45) is 0 Å². The highest BCUT2D eigenvalue weighted by atomic mass is 32.2. The zero-order valence-corrected chi connectivity index (χ0v) is 11.3. The zero-order valence-electron chi connectivity index (χ0n) is 10.5. The van der Waals surface area contributed by atoms with Crippen molar-refractivity contribution >= 4 is 23.5 Å². The van der Waals surface area contributed by atoms with E-state index in [2.05, 4.69) is 20.6 Å². The number of carbonyl (C=O) groups is 1. The summed E-state index contributed by atoms with van der Waals surface area (Å²) in [6.07, 6.45) is 5.56. The molecule has 1 aliphatic rings. The lowest BCUT2D eigenvalue weighted by Crippen LogP contribution is -2.30. The number of nitrogens with one attached hydrogen (secondary N) is 2. The average molecular weight is 266 g/mol. The molecule has 6 heteroatoms. The van der Waals surface area contributed by atoms with Gasteiger partial charge in [0.2, 0.25) is 0 Å². The molecule has 1 aromatic heterocycles. The van der Waals surface area contributed by atoms with E-state index in [1.54, 1.807) is 6.20 Å². The van der Waals surface area contributed by atoms with Crippen LogP contribution >= 0.6 is 11.8 Å². The molecule has 0 saturated carbocycles. The van der Waals surface area contributed by atoms with Gasteiger partial charge in [-0.2, -0.15) is 11.8 Å². The third-order valence-electron chi connectivity index (χ3n) is 2.74. The van der Waals surface area contributed by atoms with Crippen LogP contribution in [-0.2, 0) is 0 Å². The summed E-state index contributed by atoms with van der Waals surface area (Å²) in [5.74, 6) is 1.70. The Balaban J connectivity index is 1.89. The number of anilines is 1. The van der Waals surface area contributed by atoms with E-state index in [9.17, 15) is 4.79 Å². The molecule has 0 radical (unpaired) electrons. The summed E-state index contributed by atoms with van der Waals surface area (Å²) in [4.78, 5) is 20.1. The standard InChI is InChI=1S/C12H18N4OS/c1-2-14-11-8-13-7-10(16-11)12(17)15-6-9-4-3-5-18-9/h7-9H,2-6H2,1H3,(H,14,16)(H,15,17). The van der Waals surface area contributed by atoms with Crippen molar-refractivity contribution in [3.05, 3.63) is 18.1 Å². The Morgan fingerprint density at radius 2 is 2.44 bits per heavy atom. The summed E-state index contributed by atoms with van der Waals surface area (Å²) in [6, 6.07) is 0. The van der Waals surface area contributed by atoms with Crippen LogP contribution in [0.25, 0.3) is 0 Å². The Labute approximate surface area is 111 Å². The first-order valence-electron chi connectivity index (χ1n) is 6.25. The molecule has 2 heterocycles. The van der Waals surface area contributed by atoms with Gasteiger partial charge in [0, 0.05) is 18.3 Å². The van der Waals surface area contributed by atoms with E-state index in [1.807, 2.05) is 18.7 Å². The van der Waals surface area contributed by atoms with Crippen LogP contribution < -0.4 is 10.6 Å². The average Bonchev–Trinajstić information content (AvgIpc) is 2.90. The maximum atomic E-state index is 11.9.